The summed E-state index contributed by atoms with van der Waals surface area (Å²) in [6.07, 6.45) is -0.850. The molecule has 1 atom stereocenters. The standard InChI is InChI=1S/C3H8N2O2.H2O/c1-2(6)5-3(4)7;/h2,6H,1H3,(H3,4,5,7);1H2. The zero-order valence-electron chi connectivity index (χ0n) is 4.51. The van der Waals surface area contributed by atoms with Crippen LogP contribution in [0.2, 0.25) is 0 Å². The molecule has 0 spiro atoms. The average Bonchev–Trinajstić information content (AvgIpc) is 1.27. The summed E-state index contributed by atoms with van der Waals surface area (Å²) < 4.78 is 0. The van der Waals surface area contributed by atoms with Gasteiger partial charge in [0, 0.05) is 0 Å². The molecule has 0 aliphatic rings. The van der Waals surface area contributed by atoms with E-state index in [4.69, 9.17) is 5.11 Å². The van der Waals surface area contributed by atoms with Crippen molar-refractivity contribution in [3.63, 3.8) is 0 Å². The maximum atomic E-state index is 9.76. The van der Waals surface area contributed by atoms with Crippen LogP contribution in [-0.2, 0) is 0 Å². The van der Waals surface area contributed by atoms with E-state index in [1.165, 1.54) is 6.92 Å². The van der Waals surface area contributed by atoms with Crippen molar-refractivity contribution in [2.75, 3.05) is 0 Å². The van der Waals surface area contributed by atoms with Crippen molar-refractivity contribution in [1.82, 2.24) is 5.32 Å². The van der Waals surface area contributed by atoms with Gasteiger partial charge in [-0.25, -0.2) is 4.79 Å². The van der Waals surface area contributed by atoms with Gasteiger partial charge in [0.15, 0.2) is 0 Å². The van der Waals surface area contributed by atoms with E-state index in [9.17, 15) is 4.79 Å². The molecule has 2 amide bonds. The molecule has 0 rings (SSSR count). The van der Waals surface area contributed by atoms with E-state index in [1.54, 1.807) is 0 Å². The minimum atomic E-state index is -0.850. The van der Waals surface area contributed by atoms with Gasteiger partial charge in [-0.1, -0.05) is 0 Å². The first-order chi connectivity index (χ1) is 3.13. The van der Waals surface area contributed by atoms with E-state index >= 15 is 0 Å². The lowest BCUT2D eigenvalue weighted by molar-refractivity contribution is 0.160. The second-order valence-corrected chi connectivity index (χ2v) is 1.18. The number of carbonyl (C=O) groups is 1. The van der Waals surface area contributed by atoms with Gasteiger partial charge in [0.1, 0.15) is 6.23 Å². The van der Waals surface area contributed by atoms with E-state index in [0.29, 0.717) is 0 Å². The Morgan fingerprint density at radius 3 is 2.25 bits per heavy atom. The van der Waals surface area contributed by atoms with Gasteiger partial charge < -0.3 is 21.6 Å². The summed E-state index contributed by atoms with van der Waals surface area (Å²) in [6, 6.07) is -0.713. The van der Waals surface area contributed by atoms with Gasteiger partial charge in [0.2, 0.25) is 0 Å². The largest absolute Gasteiger partial charge is 0.412 e. The van der Waals surface area contributed by atoms with E-state index in [2.05, 4.69) is 5.73 Å². The molecule has 0 aliphatic carbocycles. The number of carbonyl (C=O) groups excluding carboxylic acids is 1. The maximum absolute atomic E-state index is 9.76. The van der Waals surface area contributed by atoms with Crippen LogP contribution in [-0.4, -0.2) is 22.8 Å². The number of rotatable bonds is 1. The fraction of sp³-hybridized carbons (Fsp3) is 0.667. The molecule has 1 unspecified atom stereocenters. The number of urea groups is 1. The number of nitrogens with two attached hydrogens (primary N) is 1. The van der Waals surface area contributed by atoms with Crippen molar-refractivity contribution in [3.05, 3.63) is 0 Å². The monoisotopic (exact) mass is 122 g/mol. The Morgan fingerprint density at radius 1 is 1.88 bits per heavy atom. The second kappa shape index (κ2) is 4.35. The van der Waals surface area contributed by atoms with Gasteiger partial charge in [-0.15, -0.1) is 0 Å². The number of hydrogen-bond acceptors (Lipinski definition) is 2. The molecule has 0 aromatic carbocycles. The molecule has 6 N–H and O–H groups in total. The molecule has 0 aromatic rings. The summed E-state index contributed by atoms with van der Waals surface area (Å²) in [6.45, 7) is 1.41. The molecular weight excluding hydrogens is 112 g/mol. The molecule has 0 fully saturated rings. The van der Waals surface area contributed by atoms with Gasteiger partial charge in [0.25, 0.3) is 0 Å². The fourth-order valence-corrected chi connectivity index (χ4v) is 0.206. The van der Waals surface area contributed by atoms with Crippen molar-refractivity contribution >= 4 is 6.03 Å². The minimum absolute atomic E-state index is 0. The van der Waals surface area contributed by atoms with Gasteiger partial charge >= 0.3 is 6.03 Å². The van der Waals surface area contributed by atoms with Crippen molar-refractivity contribution in [1.29, 1.82) is 0 Å². The second-order valence-electron chi connectivity index (χ2n) is 1.18. The molecular formula is C3H10N2O3. The highest BCUT2D eigenvalue weighted by Crippen LogP contribution is 1.65. The molecule has 50 valence electrons. The fourth-order valence-electron chi connectivity index (χ4n) is 0.206. The normalized spacial score (nSPS) is 11.2. The van der Waals surface area contributed by atoms with E-state index < -0.39 is 12.3 Å². The molecule has 0 radical (unpaired) electrons. The number of primary amides is 1. The molecule has 5 nitrogen and oxygen atoms in total. The van der Waals surface area contributed by atoms with Crippen LogP contribution in [0.15, 0.2) is 0 Å². The van der Waals surface area contributed by atoms with Gasteiger partial charge in [-0.05, 0) is 6.92 Å². The van der Waals surface area contributed by atoms with Crippen molar-refractivity contribution in [2.45, 2.75) is 13.2 Å². The highest BCUT2D eigenvalue weighted by atomic mass is 16.3. The molecule has 0 heterocycles. The number of aliphatic hydroxyl groups is 1. The lowest BCUT2D eigenvalue weighted by atomic mass is 10.7. The third kappa shape index (κ3) is 8.95. The Kier molecular flexibility index (Phi) is 5.56. The van der Waals surface area contributed by atoms with Crippen LogP contribution in [0.25, 0.3) is 0 Å². The third-order valence-corrected chi connectivity index (χ3v) is 0.351. The number of amides is 2. The van der Waals surface area contributed by atoms with Crippen LogP contribution in [0.1, 0.15) is 6.92 Å². The zero-order valence-corrected chi connectivity index (χ0v) is 4.51. The molecule has 0 saturated carbocycles. The molecule has 8 heavy (non-hydrogen) atoms. The molecule has 5 heteroatoms. The molecule has 0 aromatic heterocycles. The van der Waals surface area contributed by atoms with Crippen LogP contribution in [0.3, 0.4) is 0 Å². The highest BCUT2D eigenvalue weighted by Gasteiger charge is 1.93. The average molecular weight is 122 g/mol. The van der Waals surface area contributed by atoms with E-state index in [1.807, 2.05) is 5.32 Å². The predicted molar refractivity (Wildman–Crippen MR) is 28.0 cm³/mol. The smallest absolute Gasteiger partial charge is 0.314 e. The van der Waals surface area contributed by atoms with Crippen LogP contribution in [0.5, 0.6) is 0 Å². The van der Waals surface area contributed by atoms with Gasteiger partial charge in [-0.3, -0.25) is 0 Å². The first-order valence-electron chi connectivity index (χ1n) is 1.87. The zero-order chi connectivity index (χ0) is 5.86. The Bertz CT molecular complexity index is 72.9. The lowest BCUT2D eigenvalue weighted by Gasteiger charge is -2.00. The van der Waals surface area contributed by atoms with E-state index in [0.717, 1.165) is 0 Å². The summed E-state index contributed by atoms with van der Waals surface area (Å²) >= 11 is 0. The maximum Gasteiger partial charge on any atom is 0.314 e. The highest BCUT2D eigenvalue weighted by molar-refractivity contribution is 5.71. The quantitative estimate of drug-likeness (QED) is 0.356. The first-order valence-corrected chi connectivity index (χ1v) is 1.87. The first kappa shape index (κ1) is 10.2. The Labute approximate surface area is 46.8 Å². The lowest BCUT2D eigenvalue weighted by Crippen LogP contribution is -2.36. The Balaban J connectivity index is 0. The molecule has 0 aliphatic heterocycles. The topological polar surface area (TPSA) is 107 Å². The van der Waals surface area contributed by atoms with Crippen molar-refractivity contribution in [3.8, 4) is 0 Å². The Morgan fingerprint density at radius 2 is 2.25 bits per heavy atom. The summed E-state index contributed by atoms with van der Waals surface area (Å²) in [5, 5.41) is 10.3. The number of nitrogens with one attached hydrogen (secondary N) is 1. The van der Waals surface area contributed by atoms with Crippen molar-refractivity contribution < 1.29 is 15.4 Å². The van der Waals surface area contributed by atoms with Crippen LogP contribution < -0.4 is 11.1 Å². The molecule has 0 bridgehead atoms. The van der Waals surface area contributed by atoms with Crippen molar-refractivity contribution in [2.24, 2.45) is 5.73 Å². The third-order valence-electron chi connectivity index (χ3n) is 0.351. The van der Waals surface area contributed by atoms with Gasteiger partial charge in [-0.2, -0.15) is 0 Å². The van der Waals surface area contributed by atoms with Crippen LogP contribution >= 0.6 is 0 Å². The Hall–Kier alpha value is -0.810. The number of aliphatic hydroxyl groups excluding tert-OH is 1. The molecule has 0 saturated heterocycles. The summed E-state index contributed by atoms with van der Waals surface area (Å²) in [4.78, 5) is 9.76. The predicted octanol–water partition coefficient (Wildman–Crippen LogP) is -1.83. The van der Waals surface area contributed by atoms with Crippen LogP contribution in [0.4, 0.5) is 4.79 Å². The van der Waals surface area contributed by atoms with Gasteiger partial charge in [0.05, 0.1) is 0 Å². The summed E-state index contributed by atoms with van der Waals surface area (Å²) in [5.41, 5.74) is 4.58. The SMILES string of the molecule is CC(O)NC(N)=O.O. The minimum Gasteiger partial charge on any atom is -0.412 e. The summed E-state index contributed by atoms with van der Waals surface area (Å²) in [5.74, 6) is 0. The summed E-state index contributed by atoms with van der Waals surface area (Å²) in [7, 11) is 0. The van der Waals surface area contributed by atoms with E-state index in [-0.39, 0.29) is 5.48 Å². The van der Waals surface area contributed by atoms with Crippen LogP contribution in [0, 0.1) is 0 Å². The number of hydrogen-bond donors (Lipinski definition) is 3.